The molecule has 17 heteroatoms. The van der Waals surface area contributed by atoms with E-state index in [1.54, 1.807) is 4.90 Å². The second-order valence-electron chi connectivity index (χ2n) is 10.7. The quantitative estimate of drug-likeness (QED) is 0.155. The van der Waals surface area contributed by atoms with Crippen LogP contribution in [-0.2, 0) is 41.1 Å². The smallest absolute Gasteiger partial charge is 0.416 e. The van der Waals surface area contributed by atoms with Crippen LogP contribution in [0.2, 0.25) is 0 Å². The maximum absolute atomic E-state index is 13.8. The predicted octanol–water partition coefficient (Wildman–Crippen LogP) is 7.56. The van der Waals surface area contributed by atoms with Crippen molar-refractivity contribution in [2.75, 3.05) is 29.7 Å². The fourth-order valence-corrected chi connectivity index (χ4v) is 4.95. The highest BCUT2D eigenvalue weighted by Gasteiger charge is 2.38. The zero-order valence-electron chi connectivity index (χ0n) is 24.7. The van der Waals surface area contributed by atoms with Crippen LogP contribution in [0.1, 0.15) is 54.0 Å². The van der Waals surface area contributed by atoms with Crippen molar-refractivity contribution < 1.29 is 58.9 Å². The molecule has 3 aromatic rings. The number of aromatic nitrogens is 2. The van der Waals surface area contributed by atoms with Gasteiger partial charge < -0.3 is 24.4 Å². The minimum Gasteiger partial charge on any atom is -0.490 e. The number of ether oxygens (including phenoxy) is 2. The molecule has 2 aromatic carbocycles. The monoisotopic (exact) mass is 680 g/mol. The number of carboxylic acids is 1. The average molecular weight is 681 g/mol. The molecule has 1 aliphatic rings. The molecule has 1 N–H and O–H groups in total. The third-order valence-corrected chi connectivity index (χ3v) is 7.25. The summed E-state index contributed by atoms with van der Waals surface area (Å²) in [5, 5.41) is 8.77. The van der Waals surface area contributed by atoms with E-state index in [9.17, 15) is 44.3 Å². The molecule has 2 heterocycles. The Morgan fingerprint density at radius 3 is 2.11 bits per heavy atom. The summed E-state index contributed by atoms with van der Waals surface area (Å²) in [6.07, 6.45) is -12.2. The fraction of sp³-hybridized carbons (Fsp3) is 0.433. The standard InChI is InChI=1S/C30H29F9N4O4/c1-2-23-16-46-17-43(23)25-6-5-20(28(31,32)33)10-19(25)15-42(27-40-12-24(13-41-27)47-7-3-4-26(44)45)14-18-8-21(29(34,35)36)11-22(9-18)30(37,38)39/h5-6,8-13,23H,2-4,7,14-17H2,1H3,(H,44,45). The summed E-state index contributed by atoms with van der Waals surface area (Å²) in [4.78, 5) is 21.9. The lowest BCUT2D eigenvalue weighted by atomic mass is 10.0. The minimum absolute atomic E-state index is 0.0206. The molecule has 4 rings (SSSR count). The molecule has 1 fully saturated rings. The van der Waals surface area contributed by atoms with Crippen molar-refractivity contribution in [3.05, 3.63) is 76.6 Å². The number of carboxylic acid groups (broad SMARTS) is 1. The van der Waals surface area contributed by atoms with Crippen molar-refractivity contribution in [3.8, 4) is 5.75 Å². The SMILES string of the molecule is CCC1COCN1c1ccc(C(F)(F)F)cc1CN(Cc1cc(C(F)(F)F)cc(C(F)(F)F)c1)c1ncc(OCCCC(=O)O)cn1. The fourth-order valence-electron chi connectivity index (χ4n) is 4.95. The molecule has 0 amide bonds. The number of halogens is 9. The molecule has 1 atom stereocenters. The zero-order valence-corrected chi connectivity index (χ0v) is 24.7. The van der Waals surface area contributed by atoms with Crippen molar-refractivity contribution >= 4 is 17.6 Å². The van der Waals surface area contributed by atoms with E-state index in [4.69, 9.17) is 14.6 Å². The molecule has 1 aliphatic heterocycles. The Balaban J connectivity index is 1.78. The predicted molar refractivity (Wildman–Crippen MR) is 150 cm³/mol. The van der Waals surface area contributed by atoms with Gasteiger partial charge in [0.1, 0.15) is 6.73 Å². The molecule has 0 aliphatic carbocycles. The second-order valence-corrected chi connectivity index (χ2v) is 10.7. The van der Waals surface area contributed by atoms with E-state index in [0.717, 1.165) is 29.4 Å². The van der Waals surface area contributed by atoms with Gasteiger partial charge in [-0.25, -0.2) is 9.97 Å². The van der Waals surface area contributed by atoms with Crippen LogP contribution in [0.4, 0.5) is 51.1 Å². The lowest BCUT2D eigenvalue weighted by Gasteiger charge is -2.30. The van der Waals surface area contributed by atoms with Gasteiger partial charge in [0.2, 0.25) is 5.95 Å². The molecular weight excluding hydrogens is 651 g/mol. The molecular formula is C30H29F9N4O4. The first-order valence-corrected chi connectivity index (χ1v) is 14.2. The number of nitrogens with zero attached hydrogens (tertiary/aromatic N) is 4. The van der Waals surface area contributed by atoms with E-state index < -0.39 is 59.8 Å². The molecule has 1 unspecified atom stereocenters. The van der Waals surface area contributed by atoms with E-state index >= 15 is 0 Å². The summed E-state index contributed by atoms with van der Waals surface area (Å²) < 4.78 is 134. The lowest BCUT2D eigenvalue weighted by molar-refractivity contribution is -0.143. The first kappa shape index (κ1) is 35.6. The van der Waals surface area contributed by atoms with E-state index in [-0.39, 0.29) is 55.5 Å². The Morgan fingerprint density at radius 1 is 0.936 bits per heavy atom. The van der Waals surface area contributed by atoms with Crippen LogP contribution < -0.4 is 14.5 Å². The number of alkyl halides is 9. The number of hydrogen-bond donors (Lipinski definition) is 1. The Kier molecular flexibility index (Phi) is 10.8. The minimum atomic E-state index is -5.13. The molecule has 256 valence electrons. The molecule has 1 aromatic heterocycles. The van der Waals surface area contributed by atoms with Gasteiger partial charge >= 0.3 is 24.5 Å². The summed E-state index contributed by atoms with van der Waals surface area (Å²) >= 11 is 0. The largest absolute Gasteiger partial charge is 0.490 e. The topological polar surface area (TPSA) is 88.0 Å². The van der Waals surface area contributed by atoms with Crippen molar-refractivity contribution in [1.29, 1.82) is 0 Å². The third-order valence-electron chi connectivity index (χ3n) is 7.25. The van der Waals surface area contributed by atoms with Gasteiger partial charge in [-0.3, -0.25) is 4.79 Å². The molecule has 0 radical (unpaired) electrons. The van der Waals surface area contributed by atoms with Gasteiger partial charge in [-0.05, 0) is 60.4 Å². The Bertz CT molecular complexity index is 1500. The molecule has 47 heavy (non-hydrogen) atoms. The number of benzene rings is 2. The maximum Gasteiger partial charge on any atom is 0.416 e. The molecule has 0 bridgehead atoms. The van der Waals surface area contributed by atoms with Gasteiger partial charge in [0.15, 0.2) is 5.75 Å². The van der Waals surface area contributed by atoms with E-state index in [1.165, 1.54) is 6.07 Å². The van der Waals surface area contributed by atoms with Crippen LogP contribution in [0.15, 0.2) is 48.8 Å². The van der Waals surface area contributed by atoms with E-state index in [0.29, 0.717) is 30.8 Å². The second kappa shape index (κ2) is 14.2. The maximum atomic E-state index is 13.8. The van der Waals surface area contributed by atoms with E-state index in [1.807, 2.05) is 6.92 Å². The van der Waals surface area contributed by atoms with Crippen molar-refractivity contribution in [2.45, 2.75) is 63.8 Å². The van der Waals surface area contributed by atoms with Gasteiger partial charge in [-0.1, -0.05) is 6.92 Å². The van der Waals surface area contributed by atoms with Gasteiger partial charge in [0.05, 0.1) is 48.3 Å². The van der Waals surface area contributed by atoms with Gasteiger partial charge in [-0.15, -0.1) is 0 Å². The number of aliphatic carboxylic acids is 1. The number of rotatable bonds is 12. The summed E-state index contributed by atoms with van der Waals surface area (Å²) in [6, 6.07) is 3.81. The van der Waals surface area contributed by atoms with Crippen molar-refractivity contribution in [3.63, 3.8) is 0 Å². The highest BCUT2D eigenvalue weighted by Crippen LogP contribution is 2.38. The van der Waals surface area contributed by atoms with Gasteiger partial charge in [-0.2, -0.15) is 39.5 Å². The first-order valence-electron chi connectivity index (χ1n) is 14.2. The Labute approximate surface area is 262 Å². The number of carbonyl (C=O) groups is 1. The van der Waals surface area contributed by atoms with Gasteiger partial charge in [0.25, 0.3) is 0 Å². The van der Waals surface area contributed by atoms with Crippen LogP contribution >= 0.6 is 0 Å². The highest BCUT2D eigenvalue weighted by molar-refractivity contribution is 5.66. The normalized spacial score (nSPS) is 15.6. The lowest BCUT2D eigenvalue weighted by Crippen LogP contribution is -2.32. The third kappa shape index (κ3) is 9.39. The Hall–Kier alpha value is -4.28. The van der Waals surface area contributed by atoms with Crippen LogP contribution in [0.3, 0.4) is 0 Å². The summed E-state index contributed by atoms with van der Waals surface area (Å²) in [5.41, 5.74) is -4.22. The van der Waals surface area contributed by atoms with Crippen LogP contribution in [-0.4, -0.2) is 47.0 Å². The summed E-state index contributed by atoms with van der Waals surface area (Å²) in [7, 11) is 0. The first-order chi connectivity index (χ1) is 22.0. The van der Waals surface area contributed by atoms with Crippen LogP contribution in [0.5, 0.6) is 5.75 Å². The summed E-state index contributed by atoms with van der Waals surface area (Å²) in [5.74, 6) is -1.20. The zero-order chi connectivity index (χ0) is 34.6. The summed E-state index contributed by atoms with van der Waals surface area (Å²) in [6.45, 7) is 1.06. The molecule has 0 spiro atoms. The van der Waals surface area contributed by atoms with Crippen LogP contribution in [0, 0.1) is 0 Å². The van der Waals surface area contributed by atoms with Crippen LogP contribution in [0.25, 0.3) is 0 Å². The average Bonchev–Trinajstić information content (AvgIpc) is 3.46. The Morgan fingerprint density at radius 2 is 1.55 bits per heavy atom. The molecule has 1 saturated heterocycles. The number of hydrogen-bond acceptors (Lipinski definition) is 7. The van der Waals surface area contributed by atoms with E-state index in [2.05, 4.69) is 9.97 Å². The van der Waals surface area contributed by atoms with Gasteiger partial charge in [0, 0.05) is 25.2 Å². The number of anilines is 2. The van der Waals surface area contributed by atoms with Crippen molar-refractivity contribution in [2.24, 2.45) is 0 Å². The molecule has 8 nitrogen and oxygen atoms in total. The molecule has 0 saturated carbocycles. The highest BCUT2D eigenvalue weighted by atomic mass is 19.4. The van der Waals surface area contributed by atoms with Crippen molar-refractivity contribution in [1.82, 2.24) is 9.97 Å².